The molecule has 3 unspecified atom stereocenters. The van der Waals surface area contributed by atoms with Gasteiger partial charge in [-0.1, -0.05) is 0 Å². The molecule has 2 aliphatic carbocycles. The number of methoxy groups -OCH3 is 1. The number of rotatable bonds is 1. The Kier molecular flexibility index (Phi) is 1.65. The van der Waals surface area contributed by atoms with Gasteiger partial charge in [0.1, 0.15) is 0 Å². The fourth-order valence-corrected chi connectivity index (χ4v) is 2.75. The van der Waals surface area contributed by atoms with E-state index in [1.807, 2.05) is 0 Å². The van der Waals surface area contributed by atoms with E-state index in [1.54, 1.807) is 0 Å². The molecule has 12 heavy (non-hydrogen) atoms. The van der Waals surface area contributed by atoms with Gasteiger partial charge in [-0.15, -0.1) is 0 Å². The normalized spacial score (nSPS) is 44.8. The number of carbonyl (C=O) groups excluding carboxylic acids is 1. The fraction of sp³-hybridized carbons (Fsp3) is 0.889. The number of hydrogen-bond acceptors (Lipinski definition) is 3. The Morgan fingerprint density at radius 1 is 1.67 bits per heavy atom. The van der Waals surface area contributed by atoms with Gasteiger partial charge >= 0.3 is 5.97 Å². The third kappa shape index (κ3) is 0.829. The van der Waals surface area contributed by atoms with Gasteiger partial charge in [-0.3, -0.25) is 4.79 Å². The molecule has 0 aromatic heterocycles. The minimum absolute atomic E-state index is 0.213. The monoisotopic (exact) mass is 170 g/mol. The van der Waals surface area contributed by atoms with E-state index in [4.69, 9.17) is 4.74 Å². The molecule has 0 amide bonds. The van der Waals surface area contributed by atoms with Crippen molar-refractivity contribution in [2.75, 3.05) is 7.11 Å². The molecule has 3 atom stereocenters. The Labute approximate surface area is 71.7 Å². The molecule has 0 aliphatic heterocycles. The van der Waals surface area contributed by atoms with Crippen molar-refractivity contribution in [2.24, 2.45) is 11.3 Å². The highest BCUT2D eigenvalue weighted by atomic mass is 16.5. The van der Waals surface area contributed by atoms with Crippen molar-refractivity contribution in [3.05, 3.63) is 0 Å². The third-order valence-electron chi connectivity index (χ3n) is 3.44. The molecule has 3 heteroatoms. The lowest BCUT2D eigenvalue weighted by atomic mass is 9.82. The molecule has 0 aromatic carbocycles. The molecule has 0 spiro atoms. The first-order valence-corrected chi connectivity index (χ1v) is 4.45. The van der Waals surface area contributed by atoms with Gasteiger partial charge in [0.2, 0.25) is 0 Å². The highest BCUT2D eigenvalue weighted by Gasteiger charge is 2.57. The van der Waals surface area contributed by atoms with E-state index in [-0.39, 0.29) is 5.97 Å². The van der Waals surface area contributed by atoms with Crippen LogP contribution in [0.3, 0.4) is 0 Å². The van der Waals surface area contributed by atoms with Crippen molar-refractivity contribution >= 4 is 5.97 Å². The molecule has 2 bridgehead atoms. The summed E-state index contributed by atoms with van der Waals surface area (Å²) in [6.07, 6.45) is 3.05. The summed E-state index contributed by atoms with van der Waals surface area (Å²) in [5.41, 5.74) is -0.528. The van der Waals surface area contributed by atoms with Gasteiger partial charge in [-0.2, -0.15) is 0 Å². The van der Waals surface area contributed by atoms with Crippen LogP contribution in [0.5, 0.6) is 0 Å². The summed E-state index contributed by atoms with van der Waals surface area (Å²) in [7, 11) is 1.40. The molecule has 68 valence electrons. The van der Waals surface area contributed by atoms with E-state index in [9.17, 15) is 9.90 Å². The number of aliphatic hydroxyl groups excluding tert-OH is 1. The van der Waals surface area contributed by atoms with Gasteiger partial charge in [0, 0.05) is 0 Å². The number of fused-ring (bicyclic) bond motifs is 2. The molecule has 2 saturated carbocycles. The van der Waals surface area contributed by atoms with E-state index in [1.165, 1.54) is 7.11 Å². The summed E-state index contributed by atoms with van der Waals surface area (Å²) in [4.78, 5) is 11.4. The molecule has 2 fully saturated rings. The van der Waals surface area contributed by atoms with Gasteiger partial charge in [-0.05, 0) is 31.6 Å². The maximum Gasteiger partial charge on any atom is 0.314 e. The van der Waals surface area contributed by atoms with Crippen LogP contribution in [0, 0.1) is 11.3 Å². The van der Waals surface area contributed by atoms with Gasteiger partial charge < -0.3 is 9.84 Å². The van der Waals surface area contributed by atoms with Gasteiger partial charge in [0.05, 0.1) is 18.6 Å². The molecule has 3 nitrogen and oxygen atoms in total. The van der Waals surface area contributed by atoms with Crippen molar-refractivity contribution in [1.82, 2.24) is 0 Å². The third-order valence-corrected chi connectivity index (χ3v) is 3.44. The van der Waals surface area contributed by atoms with E-state index in [2.05, 4.69) is 0 Å². The molecule has 2 rings (SSSR count). The number of hydrogen-bond donors (Lipinski definition) is 1. The summed E-state index contributed by atoms with van der Waals surface area (Å²) in [5, 5.41) is 9.67. The quantitative estimate of drug-likeness (QED) is 0.589. The second-order valence-electron chi connectivity index (χ2n) is 4.01. The summed E-state index contributed by atoms with van der Waals surface area (Å²) < 4.78 is 4.73. The minimum Gasteiger partial charge on any atom is -0.469 e. The minimum atomic E-state index is -0.528. The van der Waals surface area contributed by atoms with Crippen molar-refractivity contribution in [1.29, 1.82) is 0 Å². The Hall–Kier alpha value is -0.570. The van der Waals surface area contributed by atoms with Crippen LogP contribution in [-0.2, 0) is 9.53 Å². The van der Waals surface area contributed by atoms with E-state index < -0.39 is 11.5 Å². The van der Waals surface area contributed by atoms with Crippen LogP contribution in [0.15, 0.2) is 0 Å². The lowest BCUT2D eigenvalue weighted by molar-refractivity contribution is -0.158. The first-order chi connectivity index (χ1) is 5.69. The number of aliphatic hydroxyl groups is 1. The van der Waals surface area contributed by atoms with Crippen molar-refractivity contribution in [3.63, 3.8) is 0 Å². The Balaban J connectivity index is 2.23. The van der Waals surface area contributed by atoms with Crippen LogP contribution in [0.2, 0.25) is 0 Å². The number of carbonyl (C=O) groups is 1. The zero-order valence-electron chi connectivity index (χ0n) is 7.25. The lowest BCUT2D eigenvalue weighted by Crippen LogP contribution is -2.38. The molecule has 0 heterocycles. The largest absolute Gasteiger partial charge is 0.469 e. The van der Waals surface area contributed by atoms with E-state index in [0.717, 1.165) is 25.7 Å². The summed E-state index contributed by atoms with van der Waals surface area (Å²) in [5.74, 6) is 0.342. The first kappa shape index (κ1) is 8.05. The van der Waals surface area contributed by atoms with Gasteiger partial charge in [-0.25, -0.2) is 0 Å². The predicted octanol–water partition coefficient (Wildman–Crippen LogP) is 0.710. The highest BCUT2D eigenvalue weighted by Crippen LogP contribution is 2.54. The van der Waals surface area contributed by atoms with Crippen LogP contribution in [0.25, 0.3) is 0 Å². The van der Waals surface area contributed by atoms with Crippen LogP contribution >= 0.6 is 0 Å². The van der Waals surface area contributed by atoms with E-state index >= 15 is 0 Å². The van der Waals surface area contributed by atoms with Gasteiger partial charge in [0.25, 0.3) is 0 Å². The van der Waals surface area contributed by atoms with Crippen LogP contribution < -0.4 is 0 Å². The Morgan fingerprint density at radius 3 is 2.83 bits per heavy atom. The van der Waals surface area contributed by atoms with Crippen LogP contribution in [-0.4, -0.2) is 24.3 Å². The smallest absolute Gasteiger partial charge is 0.314 e. The standard InChI is InChI=1S/C9H14O3/c1-12-8(11)9-3-2-6(5-9)4-7(9)10/h6-7,10H,2-5H2,1H3. The fourth-order valence-electron chi connectivity index (χ4n) is 2.75. The Bertz CT molecular complexity index is 214. The molecule has 0 radical (unpaired) electrons. The zero-order valence-corrected chi connectivity index (χ0v) is 7.25. The van der Waals surface area contributed by atoms with Crippen LogP contribution in [0.4, 0.5) is 0 Å². The first-order valence-electron chi connectivity index (χ1n) is 4.45. The molecule has 1 N–H and O–H groups in total. The molecule has 0 saturated heterocycles. The van der Waals surface area contributed by atoms with Crippen molar-refractivity contribution < 1.29 is 14.6 Å². The highest BCUT2D eigenvalue weighted by molar-refractivity contribution is 5.78. The maximum absolute atomic E-state index is 11.4. The average molecular weight is 170 g/mol. The lowest BCUT2D eigenvalue weighted by Gasteiger charge is -2.28. The molecule has 2 aliphatic rings. The van der Waals surface area contributed by atoms with Gasteiger partial charge in [0.15, 0.2) is 0 Å². The second-order valence-corrected chi connectivity index (χ2v) is 4.01. The zero-order chi connectivity index (χ0) is 8.77. The maximum atomic E-state index is 11.4. The molecular weight excluding hydrogens is 156 g/mol. The van der Waals surface area contributed by atoms with Crippen molar-refractivity contribution in [3.8, 4) is 0 Å². The second kappa shape index (κ2) is 2.46. The van der Waals surface area contributed by atoms with Crippen molar-refractivity contribution in [2.45, 2.75) is 31.8 Å². The summed E-state index contributed by atoms with van der Waals surface area (Å²) in [6.45, 7) is 0. The van der Waals surface area contributed by atoms with E-state index in [0.29, 0.717) is 5.92 Å². The summed E-state index contributed by atoms with van der Waals surface area (Å²) in [6, 6.07) is 0. The molecular formula is C9H14O3. The average Bonchev–Trinajstić information content (AvgIpc) is 2.60. The number of ether oxygens (including phenoxy) is 1. The molecule has 0 aromatic rings. The SMILES string of the molecule is COC(=O)C12CCC(CC1O)C2. The predicted molar refractivity (Wildman–Crippen MR) is 42.4 cm³/mol. The Morgan fingerprint density at radius 2 is 2.42 bits per heavy atom. The summed E-state index contributed by atoms with van der Waals surface area (Å²) >= 11 is 0. The number of esters is 1. The topological polar surface area (TPSA) is 46.5 Å². The van der Waals surface area contributed by atoms with Crippen LogP contribution in [0.1, 0.15) is 25.7 Å².